The summed E-state index contributed by atoms with van der Waals surface area (Å²) in [5.74, 6) is 6.24. The van der Waals surface area contributed by atoms with Gasteiger partial charge in [-0.3, -0.25) is 0 Å². The van der Waals surface area contributed by atoms with E-state index in [1.807, 2.05) is 179 Å². The van der Waals surface area contributed by atoms with E-state index < -0.39 is 0 Å². The van der Waals surface area contributed by atoms with Crippen LogP contribution in [-0.2, 0) is 63.2 Å². The van der Waals surface area contributed by atoms with Crippen molar-refractivity contribution in [1.82, 2.24) is 34.9 Å². The molecule has 3 aliphatic carbocycles. The average molecular weight is 1840 g/mol. The Labute approximate surface area is 612 Å². The molecule has 0 radical (unpaired) electrons. The number of benzene rings is 6. The number of hydrogen-bond acceptors (Lipinski definition) is 24. The van der Waals surface area contributed by atoms with Gasteiger partial charge in [-0.15, -0.1) is 155 Å². The molecular formula is C71H61N21O3Pt3. The van der Waals surface area contributed by atoms with E-state index in [2.05, 4.69) is 123 Å². The van der Waals surface area contributed by atoms with Crippen molar-refractivity contribution < 1.29 is 77.4 Å². The molecule has 6 atom stereocenters. The molecule has 0 N–H and O–H groups in total. The number of aromatic nitrogens is 3. The fourth-order valence-corrected chi connectivity index (χ4v) is 14.4. The molecule has 11 heterocycles. The van der Waals surface area contributed by atoms with E-state index >= 15 is 0 Å². The maximum atomic E-state index is 6.12. The first kappa shape index (κ1) is 65.1. The predicted molar refractivity (Wildman–Crippen MR) is 355 cm³/mol. The summed E-state index contributed by atoms with van der Waals surface area (Å²) >= 11 is 0. The van der Waals surface area contributed by atoms with Crippen molar-refractivity contribution in [1.29, 1.82) is 0 Å². The Morgan fingerprint density at radius 2 is 0.765 bits per heavy atom. The summed E-state index contributed by atoms with van der Waals surface area (Å²) in [6.07, 6.45) is 22.5. The Hall–Kier alpha value is -8.85. The van der Waals surface area contributed by atoms with E-state index in [4.69, 9.17) is 24.2 Å². The van der Waals surface area contributed by atoms with Crippen LogP contribution in [0.3, 0.4) is 0 Å². The van der Waals surface area contributed by atoms with Gasteiger partial charge >= 0.3 is 63.2 Å². The fraction of sp³-hybridized carbons (Fsp3) is 0.254. The SMILES string of the molecule is [Pt+4].[Pt+4].[Pt+4].[c-]1c2cccc1N1C=NN([CH-]1)C1CCCCC1N1C=NN([CH-]1)c1[c-]c(ccc1)O2.[c-]1c2cccc1N1[CH-]N(N=N1)C1CCCCC1N1[CH-]N(c3[c-]c(ccc3)O2)c2cccnc21.[c-]1c2cccc1N1[CH-]N(N=N1)C1CCCCC1N1[CH-]N(c3[c-]c(ccc3)O2)c2nccnc21. The quantitative estimate of drug-likeness (QED) is 0.131. The maximum absolute atomic E-state index is 6.12. The maximum Gasteiger partial charge on any atom is 4.00 e. The van der Waals surface area contributed by atoms with Crippen LogP contribution in [0.25, 0.3) is 0 Å². The molecule has 0 saturated heterocycles. The van der Waals surface area contributed by atoms with Gasteiger partial charge in [0.25, 0.3) is 0 Å². The smallest absolute Gasteiger partial charge is 0.509 e. The van der Waals surface area contributed by atoms with Crippen molar-refractivity contribution in [3.63, 3.8) is 0 Å². The molecule has 0 amide bonds. The Morgan fingerprint density at radius 1 is 0.337 bits per heavy atom. The molecule has 498 valence electrons. The Balaban J connectivity index is 0.000000118. The predicted octanol–water partition coefficient (Wildman–Crippen LogP) is 14.0. The summed E-state index contributed by atoms with van der Waals surface area (Å²) in [4.78, 5) is 27.0. The zero-order chi connectivity index (χ0) is 62.8. The van der Waals surface area contributed by atoms with Crippen LogP contribution in [0.1, 0.15) is 77.0 Å². The minimum Gasteiger partial charge on any atom is -0.509 e. The van der Waals surface area contributed by atoms with E-state index in [1.165, 1.54) is 25.7 Å². The molecular weight excluding hydrogens is 1780 g/mol. The van der Waals surface area contributed by atoms with Gasteiger partial charge in [-0.05, 0) is 50.7 Å². The molecule has 6 aromatic carbocycles. The van der Waals surface area contributed by atoms with E-state index in [1.54, 1.807) is 22.4 Å². The monoisotopic (exact) mass is 1840 g/mol. The Bertz CT molecular complexity index is 4040. The summed E-state index contributed by atoms with van der Waals surface area (Å²) in [5.41, 5.74) is 6.06. The van der Waals surface area contributed by atoms with Crippen LogP contribution in [0.4, 0.5) is 57.3 Å². The number of ether oxygens (including phenoxy) is 3. The fourth-order valence-electron chi connectivity index (χ4n) is 14.4. The van der Waals surface area contributed by atoms with E-state index in [9.17, 15) is 0 Å². The molecule has 27 heteroatoms. The van der Waals surface area contributed by atoms with Crippen LogP contribution in [0.5, 0.6) is 34.5 Å². The number of anilines is 10. The van der Waals surface area contributed by atoms with Gasteiger partial charge in [-0.2, -0.15) is 46.6 Å². The third-order valence-electron chi connectivity index (χ3n) is 18.8. The van der Waals surface area contributed by atoms with Gasteiger partial charge in [0.05, 0.1) is 18.4 Å². The van der Waals surface area contributed by atoms with Gasteiger partial charge in [0, 0.05) is 89.3 Å². The molecule has 98 heavy (non-hydrogen) atoms. The molecule has 24 bridgehead atoms. The molecule has 8 aromatic rings. The van der Waals surface area contributed by atoms with Gasteiger partial charge in [0.15, 0.2) is 0 Å². The zero-order valence-electron chi connectivity index (χ0n) is 52.4. The number of fused-ring (bicyclic) bond motifs is 45. The van der Waals surface area contributed by atoms with E-state index in [-0.39, 0.29) is 93.4 Å². The van der Waals surface area contributed by atoms with Crippen LogP contribution in [-0.4, -0.2) is 83.8 Å². The van der Waals surface area contributed by atoms with Crippen molar-refractivity contribution in [2.24, 2.45) is 31.1 Å². The summed E-state index contributed by atoms with van der Waals surface area (Å²) in [5, 5.41) is 38.5. The second-order valence-corrected chi connectivity index (χ2v) is 24.6. The van der Waals surface area contributed by atoms with Crippen LogP contribution in [0.2, 0.25) is 0 Å². The van der Waals surface area contributed by atoms with Crippen molar-refractivity contribution >= 4 is 69.9 Å². The Morgan fingerprint density at radius 3 is 1.33 bits per heavy atom. The third-order valence-corrected chi connectivity index (χ3v) is 18.8. The molecule has 6 unspecified atom stereocenters. The average Bonchev–Trinajstić information content (AvgIpc) is 1.61. The van der Waals surface area contributed by atoms with E-state index in [0.29, 0.717) is 40.5 Å². The second kappa shape index (κ2) is 28.2. The largest absolute Gasteiger partial charge is 4.00 e. The molecule has 20 rings (SSSR count). The van der Waals surface area contributed by atoms with Gasteiger partial charge in [-0.25, -0.2) is 15.0 Å². The van der Waals surface area contributed by atoms with Gasteiger partial charge in [0.1, 0.15) is 17.5 Å². The first-order chi connectivity index (χ1) is 47.0. The Kier molecular flexibility index (Phi) is 18.7. The number of nitrogens with zero attached hydrogens (tertiary/aromatic N) is 21. The van der Waals surface area contributed by atoms with Crippen molar-refractivity contribution in [3.8, 4) is 34.5 Å². The summed E-state index contributed by atoms with van der Waals surface area (Å²) < 4.78 is 18.3. The van der Waals surface area contributed by atoms with Crippen molar-refractivity contribution in [3.05, 3.63) is 216 Å². The number of rotatable bonds is 0. The van der Waals surface area contributed by atoms with Crippen molar-refractivity contribution in [2.75, 3.05) is 39.5 Å². The molecule has 3 fully saturated rings. The van der Waals surface area contributed by atoms with Crippen LogP contribution in [0.15, 0.2) is 171 Å². The summed E-state index contributed by atoms with van der Waals surface area (Å²) in [6, 6.07) is 60.4. The standard InChI is InChI=1S/C25H21N7O.C24H20N8O.C22H20N6O.3Pt/c1-2-11-23-22(10-1)30-16-29(24-12-5-13-26-25(24)30)18-6-3-8-20(14-18)33-21-9-4-7-19(15-21)31-17-32(23)28-27-31;1-2-10-22-21(9-1)30-15-29(23-24(30)26-12-11-25-23)17-5-3-7-19(13-17)33-20-8-4-6-18(14-20)31-16-32(22)28-27-31;1-2-10-22-21(9-1)26-14-23-27(16-26)18-6-4-8-20(12-18)29-19-7-3-5-17(11-19)25-13-24-28(22)15-25;;;/h3-9,12-13,16-17,22-23H,1-2,10-11H2;3-8,11-12,15-16,21-22H,1-2,9-10H2;3-8,13-16,21-22H,1-2,9-10H2;;;/q3*-4;3*+4. The topological polar surface area (TPSA) is 179 Å². The van der Waals surface area contributed by atoms with Gasteiger partial charge in [-0.1, -0.05) is 87.9 Å². The normalized spacial score (nSPS) is 22.8. The number of pyridine rings is 1. The minimum absolute atomic E-state index is 0. The van der Waals surface area contributed by atoms with Crippen LogP contribution >= 0.6 is 0 Å². The van der Waals surface area contributed by atoms with E-state index in [0.717, 1.165) is 109 Å². The molecule has 3 saturated carbocycles. The molecule has 0 spiro atoms. The first-order valence-electron chi connectivity index (χ1n) is 32.4. The minimum atomic E-state index is 0. The van der Waals surface area contributed by atoms with Gasteiger partial charge in [0.2, 0.25) is 0 Å². The van der Waals surface area contributed by atoms with Crippen molar-refractivity contribution in [2.45, 2.75) is 113 Å². The second-order valence-electron chi connectivity index (χ2n) is 24.6. The number of hydrazone groups is 2. The molecule has 2 aromatic heterocycles. The molecule has 24 nitrogen and oxygen atoms in total. The third kappa shape index (κ3) is 12.6. The first-order valence-corrected chi connectivity index (χ1v) is 32.4. The summed E-state index contributed by atoms with van der Waals surface area (Å²) in [7, 11) is 0. The number of hydrogen-bond donors (Lipinski definition) is 0. The molecule has 12 aliphatic rings. The zero-order valence-corrected chi connectivity index (χ0v) is 59.2. The summed E-state index contributed by atoms with van der Waals surface area (Å²) in [6.45, 7) is 12.2. The van der Waals surface area contributed by atoms with Crippen LogP contribution in [0, 0.1) is 76.4 Å². The van der Waals surface area contributed by atoms with Crippen LogP contribution < -0.4 is 53.7 Å². The molecule has 9 aliphatic heterocycles. The van der Waals surface area contributed by atoms with Gasteiger partial charge < -0.3 is 73.7 Å².